The summed E-state index contributed by atoms with van der Waals surface area (Å²) in [6, 6.07) is 0. The molecule has 4 nitrogen and oxygen atoms in total. The second-order valence-electron chi connectivity index (χ2n) is 5.54. The number of nitrogens with zero attached hydrogens (tertiary/aromatic N) is 1. The number of likely N-dealkylation sites (tertiary alicyclic amines) is 1. The van der Waals surface area contributed by atoms with Crippen molar-refractivity contribution in [3.05, 3.63) is 0 Å². The topological polar surface area (TPSA) is 58.4 Å². The van der Waals surface area contributed by atoms with Crippen LogP contribution in [0.3, 0.4) is 0 Å². The third-order valence-electron chi connectivity index (χ3n) is 2.96. The van der Waals surface area contributed by atoms with Gasteiger partial charge < -0.3 is 16.0 Å². The van der Waals surface area contributed by atoms with Crippen LogP contribution in [-0.4, -0.2) is 42.5 Å². The molecule has 0 aromatic heterocycles. The van der Waals surface area contributed by atoms with Gasteiger partial charge in [0.1, 0.15) is 0 Å². The highest BCUT2D eigenvalue weighted by Gasteiger charge is 2.22. The van der Waals surface area contributed by atoms with Crippen molar-refractivity contribution in [1.82, 2.24) is 10.2 Å². The zero-order chi connectivity index (χ0) is 12.2. The Hall–Kier alpha value is -0.610. The molecule has 3 N–H and O–H groups in total. The maximum atomic E-state index is 11.6. The van der Waals surface area contributed by atoms with Gasteiger partial charge in [0, 0.05) is 13.1 Å². The molecule has 0 radical (unpaired) electrons. The predicted molar refractivity (Wildman–Crippen MR) is 66.1 cm³/mol. The van der Waals surface area contributed by atoms with Gasteiger partial charge in [-0.3, -0.25) is 4.79 Å². The van der Waals surface area contributed by atoms with Crippen molar-refractivity contribution in [1.29, 1.82) is 0 Å². The first-order chi connectivity index (χ1) is 7.39. The number of carbonyl (C=O) groups excluding carboxylic acids is 1. The van der Waals surface area contributed by atoms with Crippen LogP contribution < -0.4 is 11.1 Å². The second kappa shape index (κ2) is 5.64. The summed E-state index contributed by atoms with van der Waals surface area (Å²) in [7, 11) is 0. The molecule has 0 aromatic carbocycles. The van der Waals surface area contributed by atoms with Crippen molar-refractivity contribution >= 4 is 5.91 Å². The molecule has 0 aliphatic carbocycles. The van der Waals surface area contributed by atoms with E-state index in [4.69, 9.17) is 5.73 Å². The van der Waals surface area contributed by atoms with E-state index in [9.17, 15) is 4.79 Å². The molecular formula is C12H25N3O. The predicted octanol–water partition coefficient (Wildman–Crippen LogP) is 0.572. The largest absolute Gasteiger partial charge is 0.354 e. The molecule has 1 unspecified atom stereocenters. The van der Waals surface area contributed by atoms with E-state index in [1.807, 2.05) is 0 Å². The number of amides is 1. The lowest BCUT2D eigenvalue weighted by molar-refractivity contribution is -0.125. The molecule has 1 aliphatic heterocycles. The number of rotatable bonds is 5. The van der Waals surface area contributed by atoms with Crippen molar-refractivity contribution in [2.75, 3.05) is 26.2 Å². The molecule has 94 valence electrons. The third-order valence-corrected chi connectivity index (χ3v) is 2.96. The molecule has 0 spiro atoms. The highest BCUT2D eigenvalue weighted by Crippen LogP contribution is 2.09. The smallest absolute Gasteiger partial charge is 0.239 e. The first-order valence-corrected chi connectivity index (χ1v) is 6.19. The average Bonchev–Trinajstić information content (AvgIpc) is 2.65. The Balaban J connectivity index is 2.19. The highest BCUT2D eigenvalue weighted by atomic mass is 16.2. The van der Waals surface area contributed by atoms with Gasteiger partial charge in [-0.05, 0) is 45.7 Å². The van der Waals surface area contributed by atoms with E-state index < -0.39 is 5.54 Å². The summed E-state index contributed by atoms with van der Waals surface area (Å²) in [5, 5.41) is 2.91. The van der Waals surface area contributed by atoms with Gasteiger partial charge in [0.2, 0.25) is 5.91 Å². The maximum Gasteiger partial charge on any atom is 0.239 e. The molecule has 1 atom stereocenters. The zero-order valence-corrected chi connectivity index (χ0v) is 10.8. The fourth-order valence-electron chi connectivity index (χ4n) is 1.97. The molecule has 1 amide bonds. The molecule has 1 rings (SSSR count). The number of nitrogens with one attached hydrogen (secondary N) is 1. The van der Waals surface area contributed by atoms with Crippen LogP contribution in [-0.2, 0) is 4.79 Å². The fraction of sp³-hybridized carbons (Fsp3) is 0.917. The van der Waals surface area contributed by atoms with Gasteiger partial charge in [0.15, 0.2) is 0 Å². The summed E-state index contributed by atoms with van der Waals surface area (Å²) in [4.78, 5) is 14.0. The van der Waals surface area contributed by atoms with Crippen LogP contribution in [0.25, 0.3) is 0 Å². The molecule has 4 heteroatoms. The zero-order valence-electron chi connectivity index (χ0n) is 10.8. The molecular weight excluding hydrogens is 202 g/mol. The van der Waals surface area contributed by atoms with Crippen molar-refractivity contribution in [3.63, 3.8) is 0 Å². The molecule has 1 fully saturated rings. The summed E-state index contributed by atoms with van der Waals surface area (Å²) in [5.41, 5.74) is 4.94. The van der Waals surface area contributed by atoms with Crippen molar-refractivity contribution < 1.29 is 4.79 Å². The Kier molecular flexibility index (Phi) is 4.74. The number of hydrogen-bond acceptors (Lipinski definition) is 3. The molecule has 0 bridgehead atoms. The van der Waals surface area contributed by atoms with Gasteiger partial charge in [-0.15, -0.1) is 0 Å². The van der Waals surface area contributed by atoms with E-state index in [0.29, 0.717) is 5.92 Å². The van der Waals surface area contributed by atoms with Gasteiger partial charge in [0.25, 0.3) is 0 Å². The summed E-state index contributed by atoms with van der Waals surface area (Å²) in [5.74, 6) is 0.421. The number of hydrogen-bond donors (Lipinski definition) is 2. The standard InChI is InChI=1S/C12H25N3O/c1-10(9-15-6-4-5-7-15)8-14-11(16)12(2,3)13/h10H,4-9,13H2,1-3H3,(H,14,16). The van der Waals surface area contributed by atoms with Crippen LogP contribution in [0.15, 0.2) is 0 Å². The van der Waals surface area contributed by atoms with Crippen LogP contribution in [0, 0.1) is 5.92 Å². The van der Waals surface area contributed by atoms with E-state index in [1.54, 1.807) is 13.8 Å². The first kappa shape index (κ1) is 13.5. The summed E-state index contributed by atoms with van der Waals surface area (Å²) < 4.78 is 0. The minimum absolute atomic E-state index is 0.0687. The molecule has 1 saturated heterocycles. The van der Waals surface area contributed by atoms with Crippen molar-refractivity contribution in [3.8, 4) is 0 Å². The quantitative estimate of drug-likeness (QED) is 0.722. The van der Waals surface area contributed by atoms with E-state index in [-0.39, 0.29) is 5.91 Å². The van der Waals surface area contributed by atoms with Gasteiger partial charge in [0.05, 0.1) is 5.54 Å². The lowest BCUT2D eigenvalue weighted by Gasteiger charge is -2.23. The lowest BCUT2D eigenvalue weighted by Crippen LogP contribution is -2.50. The summed E-state index contributed by atoms with van der Waals surface area (Å²) in [6.07, 6.45) is 2.63. The maximum absolute atomic E-state index is 11.6. The van der Waals surface area contributed by atoms with Gasteiger partial charge in [-0.1, -0.05) is 6.92 Å². The fourth-order valence-corrected chi connectivity index (χ4v) is 1.97. The van der Waals surface area contributed by atoms with E-state index in [2.05, 4.69) is 17.1 Å². The first-order valence-electron chi connectivity index (χ1n) is 6.19. The van der Waals surface area contributed by atoms with Crippen molar-refractivity contribution in [2.45, 2.75) is 39.2 Å². The van der Waals surface area contributed by atoms with Crippen LogP contribution in [0.2, 0.25) is 0 Å². The molecule has 1 aliphatic rings. The van der Waals surface area contributed by atoms with Crippen LogP contribution in [0.1, 0.15) is 33.6 Å². The Bertz CT molecular complexity index is 229. The van der Waals surface area contributed by atoms with Crippen LogP contribution in [0.4, 0.5) is 0 Å². The van der Waals surface area contributed by atoms with Gasteiger partial charge in [-0.25, -0.2) is 0 Å². The Morgan fingerprint density at radius 3 is 2.50 bits per heavy atom. The third kappa shape index (κ3) is 4.49. The van der Waals surface area contributed by atoms with E-state index in [1.165, 1.54) is 25.9 Å². The molecule has 16 heavy (non-hydrogen) atoms. The Morgan fingerprint density at radius 1 is 1.44 bits per heavy atom. The molecule has 0 aromatic rings. The Labute approximate surface area is 98.6 Å². The number of carbonyl (C=O) groups is 1. The average molecular weight is 227 g/mol. The van der Waals surface area contributed by atoms with Gasteiger partial charge >= 0.3 is 0 Å². The second-order valence-corrected chi connectivity index (χ2v) is 5.54. The normalized spacial score (nSPS) is 19.8. The number of nitrogens with two attached hydrogens (primary N) is 1. The highest BCUT2D eigenvalue weighted by molar-refractivity contribution is 5.84. The monoisotopic (exact) mass is 227 g/mol. The SMILES string of the molecule is CC(CNC(=O)C(C)(C)N)CN1CCCC1. The Morgan fingerprint density at radius 2 is 2.00 bits per heavy atom. The molecule has 1 heterocycles. The summed E-state index contributed by atoms with van der Waals surface area (Å²) in [6.45, 7) is 9.84. The van der Waals surface area contributed by atoms with Crippen LogP contribution >= 0.6 is 0 Å². The molecule has 0 saturated carbocycles. The van der Waals surface area contributed by atoms with Crippen LogP contribution in [0.5, 0.6) is 0 Å². The van der Waals surface area contributed by atoms with Gasteiger partial charge in [-0.2, -0.15) is 0 Å². The minimum atomic E-state index is -0.770. The van der Waals surface area contributed by atoms with E-state index >= 15 is 0 Å². The summed E-state index contributed by atoms with van der Waals surface area (Å²) >= 11 is 0. The van der Waals surface area contributed by atoms with Crippen molar-refractivity contribution in [2.24, 2.45) is 11.7 Å². The minimum Gasteiger partial charge on any atom is -0.354 e. The van der Waals surface area contributed by atoms with E-state index in [0.717, 1.165) is 13.1 Å². The lowest BCUT2D eigenvalue weighted by atomic mass is 10.1.